The van der Waals surface area contributed by atoms with Gasteiger partial charge in [-0.05, 0) is 75.2 Å². The molecule has 4 rings (SSSR count). The van der Waals surface area contributed by atoms with Crippen LogP contribution in [0.2, 0.25) is 0 Å². The smallest absolute Gasteiger partial charge is 0.429 e. The number of aromatic nitrogens is 1. The molecule has 10 heteroatoms. The summed E-state index contributed by atoms with van der Waals surface area (Å²) in [6, 6.07) is 14.0. The number of hydrogen-bond donors (Lipinski definition) is 1. The van der Waals surface area contributed by atoms with Gasteiger partial charge in [-0.25, -0.2) is 13.2 Å². The predicted octanol–water partition coefficient (Wildman–Crippen LogP) is 3.84. The molecule has 0 bridgehead atoms. The van der Waals surface area contributed by atoms with Crippen LogP contribution >= 0.6 is 0 Å². The number of piperidine rings is 1. The fourth-order valence-electron chi connectivity index (χ4n) is 4.27. The molecule has 1 N–H and O–H groups in total. The molecular weight excluding hydrogens is 494 g/mol. The molecule has 1 unspecified atom stereocenters. The molecule has 1 aromatic heterocycles. The van der Waals surface area contributed by atoms with Crippen molar-refractivity contribution in [3.63, 3.8) is 0 Å². The van der Waals surface area contributed by atoms with E-state index in [4.69, 9.17) is 4.74 Å². The molecule has 1 aliphatic rings. The first-order chi connectivity index (χ1) is 17.5. The molecule has 1 fully saturated rings. The average Bonchev–Trinajstić information content (AvgIpc) is 2.85. The van der Waals surface area contributed by atoms with Gasteiger partial charge < -0.3 is 14.6 Å². The van der Waals surface area contributed by atoms with E-state index in [2.05, 4.69) is 5.32 Å². The van der Waals surface area contributed by atoms with E-state index in [1.165, 1.54) is 30.5 Å². The first kappa shape index (κ1) is 26.6. The van der Waals surface area contributed by atoms with Crippen LogP contribution in [-0.2, 0) is 26.1 Å². The molecule has 1 aliphatic heterocycles. The second-order valence-corrected chi connectivity index (χ2v) is 11.8. The van der Waals surface area contributed by atoms with E-state index in [0.29, 0.717) is 16.1 Å². The summed E-state index contributed by atoms with van der Waals surface area (Å²) < 4.78 is 34.6. The van der Waals surface area contributed by atoms with Crippen molar-refractivity contribution in [2.24, 2.45) is 0 Å². The number of carbonyl (C=O) groups excluding carboxylic acids is 2. The Balaban J connectivity index is 1.78. The highest BCUT2D eigenvalue weighted by molar-refractivity contribution is 7.93. The van der Waals surface area contributed by atoms with E-state index in [0.717, 1.165) is 29.3 Å². The number of ether oxygens (including phenoxy) is 1. The number of Topliss-reactive ketones (excluding diaryl/α,β-unsaturated/α-hetero) is 1. The Morgan fingerprint density at radius 3 is 2.46 bits per heavy atom. The highest BCUT2D eigenvalue weighted by Gasteiger charge is 2.37. The van der Waals surface area contributed by atoms with Gasteiger partial charge in [-0.3, -0.25) is 9.59 Å². The molecule has 1 amide bonds. The lowest BCUT2D eigenvalue weighted by atomic mass is 10.0. The van der Waals surface area contributed by atoms with Gasteiger partial charge in [0.05, 0.1) is 17.5 Å². The van der Waals surface area contributed by atoms with Crippen LogP contribution in [0.4, 0.5) is 10.5 Å². The molecule has 0 aliphatic carbocycles. The monoisotopic (exact) mass is 525 g/mol. The summed E-state index contributed by atoms with van der Waals surface area (Å²) in [5.74, 6) is -0.180. The lowest BCUT2D eigenvalue weighted by molar-refractivity contribution is -0.122. The molecule has 196 valence electrons. The van der Waals surface area contributed by atoms with Crippen LogP contribution in [0.3, 0.4) is 0 Å². The van der Waals surface area contributed by atoms with Gasteiger partial charge in [0, 0.05) is 6.20 Å². The van der Waals surface area contributed by atoms with Crippen molar-refractivity contribution in [2.45, 2.75) is 63.1 Å². The summed E-state index contributed by atoms with van der Waals surface area (Å²) in [6.07, 6.45) is 2.76. The lowest BCUT2D eigenvalue weighted by Gasteiger charge is -2.27. The van der Waals surface area contributed by atoms with Crippen LogP contribution in [0.15, 0.2) is 70.5 Å². The largest absolute Gasteiger partial charge is 0.443 e. The van der Waals surface area contributed by atoms with Gasteiger partial charge >= 0.3 is 6.09 Å². The quantitative estimate of drug-likeness (QED) is 0.520. The first-order valence-electron chi connectivity index (χ1n) is 12.2. The normalized spacial score (nSPS) is 16.4. The number of nitrogens with one attached hydrogen (secondary N) is 1. The number of benzene rings is 2. The van der Waals surface area contributed by atoms with Crippen molar-refractivity contribution in [3.05, 3.63) is 71.1 Å². The van der Waals surface area contributed by atoms with Gasteiger partial charge in [0.2, 0.25) is 0 Å². The number of pyridine rings is 1. The van der Waals surface area contributed by atoms with Gasteiger partial charge in [-0.2, -0.15) is 4.31 Å². The maximum atomic E-state index is 13.8. The molecule has 2 aromatic carbocycles. The van der Waals surface area contributed by atoms with Crippen molar-refractivity contribution in [2.75, 3.05) is 10.8 Å². The van der Waals surface area contributed by atoms with Gasteiger partial charge in [0.15, 0.2) is 5.78 Å². The fourth-order valence-corrected chi connectivity index (χ4v) is 5.63. The summed E-state index contributed by atoms with van der Waals surface area (Å²) in [6.45, 7) is 5.28. The molecule has 1 atom stereocenters. The van der Waals surface area contributed by atoms with Crippen LogP contribution in [0.5, 0.6) is 0 Å². The summed E-state index contributed by atoms with van der Waals surface area (Å²) in [5, 5.41) is 4.63. The van der Waals surface area contributed by atoms with E-state index in [-0.39, 0.29) is 23.3 Å². The van der Waals surface area contributed by atoms with E-state index < -0.39 is 33.0 Å². The Morgan fingerprint density at radius 2 is 1.78 bits per heavy atom. The number of fused-ring (bicyclic) bond motifs is 1. The minimum Gasteiger partial charge on any atom is -0.443 e. The second kappa shape index (κ2) is 10.5. The Bertz CT molecular complexity index is 1480. The number of amides is 1. The molecule has 37 heavy (non-hydrogen) atoms. The second-order valence-electron chi connectivity index (χ2n) is 10.1. The predicted molar refractivity (Wildman–Crippen MR) is 141 cm³/mol. The zero-order chi connectivity index (χ0) is 26.8. The van der Waals surface area contributed by atoms with Gasteiger partial charge in [-0.15, -0.1) is 0 Å². The number of nitrogens with zero attached hydrogens (tertiary/aromatic N) is 2. The summed E-state index contributed by atoms with van der Waals surface area (Å²) in [4.78, 5) is 39.4. The SMILES string of the molecule is CC(C)(C)OC(=O)N(c1cccn(CC(=O)C2CCCCN2)c1=O)S(=O)(=O)c1ccc2ccccc2c1. The summed E-state index contributed by atoms with van der Waals surface area (Å²) in [5.41, 5.74) is -2.24. The van der Waals surface area contributed by atoms with Gasteiger partial charge in [-0.1, -0.05) is 36.8 Å². The number of ketones is 1. The maximum absolute atomic E-state index is 13.8. The third-order valence-corrected chi connectivity index (χ3v) is 7.74. The number of hydrogen-bond acceptors (Lipinski definition) is 7. The Hall–Kier alpha value is -3.50. The molecule has 3 aromatic rings. The minimum absolute atomic E-state index is 0.172. The van der Waals surface area contributed by atoms with E-state index in [9.17, 15) is 22.8 Å². The van der Waals surface area contributed by atoms with E-state index in [1.807, 2.05) is 12.1 Å². The van der Waals surface area contributed by atoms with Crippen molar-refractivity contribution in [1.29, 1.82) is 0 Å². The van der Waals surface area contributed by atoms with Crippen molar-refractivity contribution >= 4 is 38.4 Å². The Morgan fingerprint density at radius 1 is 1.05 bits per heavy atom. The number of sulfonamides is 1. The average molecular weight is 526 g/mol. The fraction of sp³-hybridized carbons (Fsp3) is 0.370. The van der Waals surface area contributed by atoms with E-state index in [1.54, 1.807) is 39.0 Å². The third kappa shape index (κ3) is 5.91. The minimum atomic E-state index is -4.56. The molecule has 0 radical (unpaired) electrons. The van der Waals surface area contributed by atoms with Crippen LogP contribution in [0.25, 0.3) is 10.8 Å². The van der Waals surface area contributed by atoms with E-state index >= 15 is 0 Å². The summed E-state index contributed by atoms with van der Waals surface area (Å²) in [7, 11) is -4.56. The Labute approximate surface area is 216 Å². The van der Waals surface area contributed by atoms with Crippen LogP contribution in [0.1, 0.15) is 40.0 Å². The van der Waals surface area contributed by atoms with Crippen LogP contribution in [-0.4, -0.2) is 43.0 Å². The first-order valence-corrected chi connectivity index (χ1v) is 13.6. The summed E-state index contributed by atoms with van der Waals surface area (Å²) >= 11 is 0. The molecular formula is C27H31N3O6S. The Kier molecular flexibility index (Phi) is 7.52. The third-order valence-electron chi connectivity index (χ3n) is 6.06. The molecule has 9 nitrogen and oxygen atoms in total. The zero-order valence-corrected chi connectivity index (χ0v) is 22.0. The number of rotatable bonds is 6. The number of carbonyl (C=O) groups is 2. The number of anilines is 1. The lowest BCUT2D eigenvalue weighted by Crippen LogP contribution is -2.45. The highest BCUT2D eigenvalue weighted by Crippen LogP contribution is 2.27. The maximum Gasteiger partial charge on any atom is 0.429 e. The van der Waals surface area contributed by atoms with Crippen molar-refractivity contribution in [3.8, 4) is 0 Å². The standard InChI is InChI=1S/C27H31N3O6S/c1-27(2,3)36-26(33)30(37(34,35)21-14-13-19-9-4-5-10-20(19)17-21)23-12-8-16-29(25(23)32)18-24(31)22-11-6-7-15-28-22/h4-5,8-10,12-14,16-17,22,28H,6-7,11,15,18H2,1-3H3. The molecule has 2 heterocycles. The molecule has 1 saturated heterocycles. The van der Waals surface area contributed by atoms with Crippen LogP contribution in [0, 0.1) is 0 Å². The van der Waals surface area contributed by atoms with Gasteiger partial charge in [0.1, 0.15) is 11.3 Å². The van der Waals surface area contributed by atoms with Gasteiger partial charge in [0.25, 0.3) is 15.6 Å². The van der Waals surface area contributed by atoms with Crippen molar-refractivity contribution in [1.82, 2.24) is 9.88 Å². The highest BCUT2D eigenvalue weighted by atomic mass is 32.2. The van der Waals surface area contributed by atoms with Crippen LogP contribution < -0.4 is 15.2 Å². The topological polar surface area (TPSA) is 115 Å². The molecule has 0 saturated carbocycles. The zero-order valence-electron chi connectivity index (χ0n) is 21.1. The van der Waals surface area contributed by atoms with Crippen molar-refractivity contribution < 1.29 is 22.7 Å². The molecule has 0 spiro atoms.